The highest BCUT2D eigenvalue weighted by Crippen LogP contribution is 2.29. The fourth-order valence-electron chi connectivity index (χ4n) is 4.30. The van der Waals surface area contributed by atoms with E-state index in [9.17, 15) is 9.59 Å². The Bertz CT molecular complexity index is 1440. The maximum Gasteiger partial charge on any atom is 0.259 e. The number of fused-ring (bicyclic) bond motifs is 3. The second-order valence-electron chi connectivity index (χ2n) is 8.58. The number of aryl methyl sites for hydroxylation is 3. The Kier molecular flexibility index (Phi) is 6.55. The smallest absolute Gasteiger partial charge is 0.259 e. The van der Waals surface area contributed by atoms with E-state index in [0.717, 1.165) is 47.7 Å². The minimum atomic E-state index is -0.245. The van der Waals surface area contributed by atoms with Crippen LogP contribution in [0.3, 0.4) is 0 Å². The molecule has 2 heterocycles. The highest BCUT2D eigenvalue weighted by atomic mass is 32.1. The summed E-state index contributed by atoms with van der Waals surface area (Å²) in [5, 5.41) is 2.94. The molecule has 0 atom stereocenters. The number of hydrogen-bond acceptors (Lipinski definition) is 6. The molecule has 0 saturated heterocycles. The van der Waals surface area contributed by atoms with Gasteiger partial charge >= 0.3 is 0 Å². The molecule has 0 bridgehead atoms. The highest BCUT2D eigenvalue weighted by Gasteiger charge is 2.19. The summed E-state index contributed by atoms with van der Waals surface area (Å²) in [5.41, 5.74) is 3.68. The zero-order valence-corrected chi connectivity index (χ0v) is 20.6. The molecule has 5 rings (SSSR count). The van der Waals surface area contributed by atoms with Crippen LogP contribution in [0.4, 0.5) is 5.69 Å². The predicted octanol–water partition coefficient (Wildman–Crippen LogP) is 5.17. The molecule has 1 amide bonds. The lowest BCUT2D eigenvalue weighted by Gasteiger charge is -2.14. The molecule has 0 saturated carbocycles. The van der Waals surface area contributed by atoms with Crippen LogP contribution >= 0.6 is 11.3 Å². The molecule has 35 heavy (non-hydrogen) atoms. The van der Waals surface area contributed by atoms with E-state index in [1.54, 1.807) is 46.1 Å². The number of nitrogens with zero attached hydrogens (tertiary/aromatic N) is 2. The Morgan fingerprint density at radius 3 is 2.69 bits per heavy atom. The Morgan fingerprint density at radius 1 is 1.09 bits per heavy atom. The number of benzene rings is 2. The summed E-state index contributed by atoms with van der Waals surface area (Å²) in [6.07, 6.45) is 4.20. The van der Waals surface area contributed by atoms with Gasteiger partial charge in [-0.2, -0.15) is 0 Å². The van der Waals surface area contributed by atoms with Crippen LogP contribution in [0.25, 0.3) is 4.96 Å². The fourth-order valence-corrected chi connectivity index (χ4v) is 5.53. The molecule has 0 spiro atoms. The molecule has 0 aliphatic heterocycles. The van der Waals surface area contributed by atoms with E-state index in [0.29, 0.717) is 29.3 Å². The Balaban J connectivity index is 1.34. The largest absolute Gasteiger partial charge is 0.494 e. The molecule has 0 fully saturated rings. The van der Waals surface area contributed by atoms with Crippen molar-refractivity contribution >= 4 is 27.9 Å². The van der Waals surface area contributed by atoms with Gasteiger partial charge in [-0.05, 0) is 81.5 Å². The third kappa shape index (κ3) is 4.93. The first-order valence-electron chi connectivity index (χ1n) is 11.8. The van der Waals surface area contributed by atoms with Crippen molar-refractivity contribution in [3.05, 3.63) is 86.3 Å². The summed E-state index contributed by atoms with van der Waals surface area (Å²) in [7, 11) is 0. The molecular formula is C27H27N3O4S. The van der Waals surface area contributed by atoms with Gasteiger partial charge in [0.1, 0.15) is 18.1 Å². The number of nitrogens with one attached hydrogen (secondary N) is 1. The van der Waals surface area contributed by atoms with Gasteiger partial charge in [0.15, 0.2) is 4.96 Å². The number of thiazole rings is 1. The maximum atomic E-state index is 12.8. The molecule has 1 aliphatic rings. The summed E-state index contributed by atoms with van der Waals surface area (Å²) in [4.78, 5) is 32.3. The number of rotatable bonds is 7. The van der Waals surface area contributed by atoms with Crippen molar-refractivity contribution in [1.82, 2.24) is 9.38 Å². The predicted molar refractivity (Wildman–Crippen MR) is 137 cm³/mol. The molecule has 2 aromatic carbocycles. The van der Waals surface area contributed by atoms with E-state index in [2.05, 4.69) is 5.32 Å². The van der Waals surface area contributed by atoms with Crippen LogP contribution in [-0.2, 0) is 19.4 Å². The molecule has 2 aromatic heterocycles. The lowest BCUT2D eigenvalue weighted by atomic mass is 10.0. The monoisotopic (exact) mass is 489 g/mol. The molecule has 0 radical (unpaired) electrons. The van der Waals surface area contributed by atoms with E-state index in [1.165, 1.54) is 4.88 Å². The van der Waals surface area contributed by atoms with Crippen LogP contribution in [-0.4, -0.2) is 21.9 Å². The van der Waals surface area contributed by atoms with Crippen molar-refractivity contribution in [3.8, 4) is 11.5 Å². The van der Waals surface area contributed by atoms with Gasteiger partial charge in [-0.3, -0.25) is 14.0 Å². The minimum absolute atomic E-state index is 0.0686. The van der Waals surface area contributed by atoms with Crippen LogP contribution < -0.4 is 20.3 Å². The number of carbonyl (C=O) groups excluding carboxylic acids is 1. The van der Waals surface area contributed by atoms with Crippen molar-refractivity contribution in [3.63, 3.8) is 0 Å². The topological polar surface area (TPSA) is 81.9 Å². The maximum absolute atomic E-state index is 12.8. The van der Waals surface area contributed by atoms with Crippen LogP contribution in [0.15, 0.2) is 53.3 Å². The molecule has 8 heteroatoms. The average molecular weight is 490 g/mol. The number of amides is 1. The minimum Gasteiger partial charge on any atom is -0.494 e. The summed E-state index contributed by atoms with van der Waals surface area (Å²) >= 11 is 1.60. The third-order valence-electron chi connectivity index (χ3n) is 6.00. The zero-order chi connectivity index (χ0) is 24.4. The van der Waals surface area contributed by atoms with E-state index in [-0.39, 0.29) is 18.1 Å². The standard InChI is InChI=1S/C27H27N3O4S/c1-3-33-20-11-9-18(10-12-20)26(32)29-21-14-17(2)8-13-23(21)34-16-19-15-25(31)30-22-6-4-5-7-24(22)35-27(30)28-19/h8-15H,3-7,16H2,1-2H3,(H,29,32). The van der Waals surface area contributed by atoms with Gasteiger partial charge in [-0.15, -0.1) is 11.3 Å². The molecule has 7 nitrogen and oxygen atoms in total. The summed E-state index contributed by atoms with van der Waals surface area (Å²) in [6, 6.07) is 14.1. The molecule has 0 unspecified atom stereocenters. The quantitative estimate of drug-likeness (QED) is 0.387. The number of anilines is 1. The van der Waals surface area contributed by atoms with Crippen molar-refractivity contribution in [2.45, 2.75) is 46.1 Å². The van der Waals surface area contributed by atoms with E-state index in [4.69, 9.17) is 14.5 Å². The second-order valence-corrected chi connectivity index (χ2v) is 9.64. The van der Waals surface area contributed by atoms with Crippen LogP contribution in [0, 0.1) is 6.92 Å². The molecule has 1 N–H and O–H groups in total. The number of hydrogen-bond donors (Lipinski definition) is 1. The van der Waals surface area contributed by atoms with Gasteiger partial charge < -0.3 is 14.8 Å². The summed E-state index contributed by atoms with van der Waals surface area (Å²) in [6.45, 7) is 4.56. The number of aromatic nitrogens is 2. The first-order valence-corrected chi connectivity index (χ1v) is 12.6. The van der Waals surface area contributed by atoms with Gasteiger partial charge in [-0.1, -0.05) is 6.07 Å². The summed E-state index contributed by atoms with van der Waals surface area (Å²) in [5.74, 6) is 0.989. The Hall–Kier alpha value is -3.65. The average Bonchev–Trinajstić information content (AvgIpc) is 3.23. The zero-order valence-electron chi connectivity index (χ0n) is 19.8. The fraction of sp³-hybridized carbons (Fsp3) is 0.296. The van der Waals surface area contributed by atoms with E-state index >= 15 is 0 Å². The normalized spacial score (nSPS) is 12.9. The number of ether oxygens (including phenoxy) is 2. The first kappa shape index (κ1) is 23.1. The van der Waals surface area contributed by atoms with Gasteiger partial charge in [0.2, 0.25) is 0 Å². The van der Waals surface area contributed by atoms with Crippen LogP contribution in [0.5, 0.6) is 11.5 Å². The van der Waals surface area contributed by atoms with Crippen molar-refractivity contribution in [2.24, 2.45) is 0 Å². The van der Waals surface area contributed by atoms with Crippen LogP contribution in [0.1, 0.15) is 52.0 Å². The van der Waals surface area contributed by atoms with Gasteiger partial charge in [-0.25, -0.2) is 4.98 Å². The van der Waals surface area contributed by atoms with Crippen molar-refractivity contribution in [1.29, 1.82) is 0 Å². The van der Waals surface area contributed by atoms with Gasteiger partial charge in [0.05, 0.1) is 18.0 Å². The third-order valence-corrected chi connectivity index (χ3v) is 7.14. The van der Waals surface area contributed by atoms with Gasteiger partial charge in [0, 0.05) is 22.2 Å². The van der Waals surface area contributed by atoms with E-state index in [1.807, 2.05) is 32.0 Å². The summed E-state index contributed by atoms with van der Waals surface area (Å²) < 4.78 is 13.2. The Labute approximate surface area is 207 Å². The van der Waals surface area contributed by atoms with E-state index < -0.39 is 0 Å². The molecule has 180 valence electrons. The lowest BCUT2D eigenvalue weighted by molar-refractivity contribution is 0.102. The highest BCUT2D eigenvalue weighted by molar-refractivity contribution is 7.17. The Morgan fingerprint density at radius 2 is 1.89 bits per heavy atom. The van der Waals surface area contributed by atoms with Crippen molar-refractivity contribution < 1.29 is 14.3 Å². The lowest BCUT2D eigenvalue weighted by Crippen LogP contribution is -2.18. The van der Waals surface area contributed by atoms with Gasteiger partial charge in [0.25, 0.3) is 11.5 Å². The molecule has 1 aliphatic carbocycles. The SMILES string of the molecule is CCOc1ccc(C(=O)Nc2cc(C)ccc2OCc2cc(=O)n3c4c(sc3n2)CCCC4)cc1. The van der Waals surface area contributed by atoms with Crippen molar-refractivity contribution in [2.75, 3.05) is 11.9 Å². The molecule has 4 aromatic rings. The number of carbonyl (C=O) groups is 1. The molecular weight excluding hydrogens is 462 g/mol. The van der Waals surface area contributed by atoms with Crippen LogP contribution in [0.2, 0.25) is 0 Å². The first-order chi connectivity index (χ1) is 17.0. The second kappa shape index (κ2) is 9.92.